The number of nitriles is 1. The van der Waals surface area contributed by atoms with Gasteiger partial charge in [-0.05, 0) is 38.0 Å². The van der Waals surface area contributed by atoms with Crippen molar-refractivity contribution in [3.05, 3.63) is 29.6 Å². The van der Waals surface area contributed by atoms with E-state index in [0.717, 1.165) is 31.6 Å². The van der Waals surface area contributed by atoms with E-state index < -0.39 is 5.82 Å². The monoisotopic (exact) mass is 248 g/mol. The molecule has 0 N–H and O–H groups in total. The van der Waals surface area contributed by atoms with Gasteiger partial charge in [0, 0.05) is 25.9 Å². The van der Waals surface area contributed by atoms with Crippen LogP contribution in [0.1, 0.15) is 25.3 Å². The fourth-order valence-corrected chi connectivity index (χ4v) is 2.38. The third kappa shape index (κ3) is 2.46. The maximum absolute atomic E-state index is 13.6. The standard InChI is InChI=1S/C14H17FN2O/c1-14(18-2)6-3-7-17(10-14)12-5-4-11(9-16)13(15)8-12/h4-5,8H,3,6-7,10H2,1-2H3. The molecule has 1 atom stereocenters. The molecule has 0 aliphatic carbocycles. The van der Waals surface area contributed by atoms with Gasteiger partial charge in [0.1, 0.15) is 11.9 Å². The van der Waals surface area contributed by atoms with Crippen LogP contribution in [0.2, 0.25) is 0 Å². The lowest BCUT2D eigenvalue weighted by Gasteiger charge is -2.40. The first-order valence-electron chi connectivity index (χ1n) is 6.08. The lowest BCUT2D eigenvalue weighted by Crippen LogP contribution is -2.47. The molecule has 3 nitrogen and oxygen atoms in total. The molecule has 0 amide bonds. The summed E-state index contributed by atoms with van der Waals surface area (Å²) in [6.07, 6.45) is 2.03. The lowest BCUT2D eigenvalue weighted by molar-refractivity contribution is -0.00466. The zero-order chi connectivity index (χ0) is 13.2. The van der Waals surface area contributed by atoms with Crippen molar-refractivity contribution in [3.63, 3.8) is 0 Å². The van der Waals surface area contributed by atoms with Gasteiger partial charge in [-0.2, -0.15) is 5.26 Å². The molecule has 2 rings (SSSR count). The van der Waals surface area contributed by atoms with Crippen molar-refractivity contribution in [1.82, 2.24) is 0 Å². The summed E-state index contributed by atoms with van der Waals surface area (Å²) >= 11 is 0. The second-order valence-corrected chi connectivity index (χ2v) is 4.96. The minimum atomic E-state index is -0.459. The molecule has 1 aliphatic heterocycles. The number of piperidine rings is 1. The van der Waals surface area contributed by atoms with Crippen LogP contribution in [0, 0.1) is 17.1 Å². The Balaban J connectivity index is 2.22. The molecular weight excluding hydrogens is 231 g/mol. The van der Waals surface area contributed by atoms with Crippen molar-refractivity contribution >= 4 is 5.69 Å². The van der Waals surface area contributed by atoms with Crippen molar-refractivity contribution in [3.8, 4) is 6.07 Å². The maximum atomic E-state index is 13.6. The van der Waals surface area contributed by atoms with Gasteiger partial charge in [0.2, 0.25) is 0 Å². The highest BCUT2D eigenvalue weighted by Gasteiger charge is 2.31. The molecule has 4 heteroatoms. The Morgan fingerprint density at radius 3 is 2.89 bits per heavy atom. The zero-order valence-corrected chi connectivity index (χ0v) is 10.7. The first-order valence-corrected chi connectivity index (χ1v) is 6.08. The van der Waals surface area contributed by atoms with E-state index in [0.29, 0.717) is 0 Å². The smallest absolute Gasteiger partial charge is 0.143 e. The van der Waals surface area contributed by atoms with Gasteiger partial charge in [-0.3, -0.25) is 0 Å². The van der Waals surface area contributed by atoms with Gasteiger partial charge in [0.05, 0.1) is 11.2 Å². The summed E-state index contributed by atoms with van der Waals surface area (Å²) in [4.78, 5) is 2.11. The van der Waals surface area contributed by atoms with Crippen LogP contribution in [0.15, 0.2) is 18.2 Å². The normalized spacial score (nSPS) is 23.8. The molecule has 0 bridgehead atoms. The molecule has 1 aliphatic rings. The molecule has 96 valence electrons. The van der Waals surface area contributed by atoms with E-state index in [-0.39, 0.29) is 11.2 Å². The number of benzene rings is 1. The van der Waals surface area contributed by atoms with Crippen LogP contribution >= 0.6 is 0 Å². The number of ether oxygens (including phenoxy) is 1. The van der Waals surface area contributed by atoms with E-state index in [2.05, 4.69) is 11.8 Å². The molecule has 1 heterocycles. The predicted octanol–water partition coefficient (Wildman–Crippen LogP) is 2.70. The largest absolute Gasteiger partial charge is 0.377 e. The van der Waals surface area contributed by atoms with Gasteiger partial charge in [-0.1, -0.05) is 0 Å². The van der Waals surface area contributed by atoms with E-state index >= 15 is 0 Å². The molecular formula is C14H17FN2O. The maximum Gasteiger partial charge on any atom is 0.143 e. The Hall–Kier alpha value is -1.60. The average Bonchev–Trinajstić information content (AvgIpc) is 2.39. The van der Waals surface area contributed by atoms with Crippen LogP contribution in [-0.4, -0.2) is 25.8 Å². The number of hydrogen-bond donors (Lipinski definition) is 0. The summed E-state index contributed by atoms with van der Waals surface area (Å²) in [5.74, 6) is -0.459. The van der Waals surface area contributed by atoms with Gasteiger partial charge in [-0.15, -0.1) is 0 Å². The number of rotatable bonds is 2. The highest BCUT2D eigenvalue weighted by atomic mass is 19.1. The topological polar surface area (TPSA) is 36.3 Å². The molecule has 1 aromatic rings. The van der Waals surface area contributed by atoms with Crippen molar-refractivity contribution < 1.29 is 9.13 Å². The molecule has 1 fully saturated rings. The van der Waals surface area contributed by atoms with Gasteiger partial charge in [-0.25, -0.2) is 4.39 Å². The van der Waals surface area contributed by atoms with E-state index in [4.69, 9.17) is 10.00 Å². The lowest BCUT2D eigenvalue weighted by atomic mass is 9.94. The first kappa shape index (κ1) is 12.8. The molecule has 0 aromatic heterocycles. The van der Waals surface area contributed by atoms with E-state index in [9.17, 15) is 4.39 Å². The molecule has 18 heavy (non-hydrogen) atoms. The molecule has 1 saturated heterocycles. The van der Waals surface area contributed by atoms with E-state index in [1.807, 2.05) is 6.07 Å². The molecule has 1 aromatic carbocycles. The Bertz CT molecular complexity index is 483. The summed E-state index contributed by atoms with van der Waals surface area (Å²) in [6, 6.07) is 6.59. The summed E-state index contributed by atoms with van der Waals surface area (Å²) in [5.41, 5.74) is 0.725. The van der Waals surface area contributed by atoms with Crippen LogP contribution in [-0.2, 0) is 4.74 Å². The predicted molar refractivity (Wildman–Crippen MR) is 68.0 cm³/mol. The van der Waals surface area contributed by atoms with Crippen molar-refractivity contribution in [2.24, 2.45) is 0 Å². The summed E-state index contributed by atoms with van der Waals surface area (Å²) in [7, 11) is 1.71. The Labute approximate surface area is 107 Å². The highest BCUT2D eigenvalue weighted by molar-refractivity contribution is 5.51. The van der Waals surface area contributed by atoms with Crippen LogP contribution in [0.5, 0.6) is 0 Å². The van der Waals surface area contributed by atoms with E-state index in [1.54, 1.807) is 13.2 Å². The van der Waals surface area contributed by atoms with Gasteiger partial charge in [0.15, 0.2) is 0 Å². The van der Waals surface area contributed by atoms with Crippen LogP contribution < -0.4 is 4.90 Å². The summed E-state index contributed by atoms with van der Waals surface area (Å²) in [6.45, 7) is 3.71. The SMILES string of the molecule is COC1(C)CCCN(c2ccc(C#N)c(F)c2)C1. The third-order valence-corrected chi connectivity index (χ3v) is 3.59. The molecule has 0 radical (unpaired) electrons. The molecule has 0 spiro atoms. The molecule has 1 unspecified atom stereocenters. The number of anilines is 1. The van der Waals surface area contributed by atoms with Gasteiger partial charge in [0.25, 0.3) is 0 Å². The van der Waals surface area contributed by atoms with E-state index in [1.165, 1.54) is 12.1 Å². The Morgan fingerprint density at radius 2 is 2.28 bits per heavy atom. The van der Waals surface area contributed by atoms with Crippen molar-refractivity contribution in [1.29, 1.82) is 5.26 Å². The first-order chi connectivity index (χ1) is 8.58. The Morgan fingerprint density at radius 1 is 1.50 bits per heavy atom. The van der Waals surface area contributed by atoms with Crippen molar-refractivity contribution in [2.45, 2.75) is 25.4 Å². The number of halogens is 1. The quantitative estimate of drug-likeness (QED) is 0.807. The summed E-state index contributed by atoms with van der Waals surface area (Å²) < 4.78 is 19.1. The third-order valence-electron chi connectivity index (χ3n) is 3.59. The fourth-order valence-electron chi connectivity index (χ4n) is 2.38. The minimum Gasteiger partial charge on any atom is -0.377 e. The van der Waals surface area contributed by atoms with Crippen molar-refractivity contribution in [2.75, 3.05) is 25.1 Å². The zero-order valence-electron chi connectivity index (χ0n) is 10.7. The highest BCUT2D eigenvalue weighted by Crippen LogP contribution is 2.28. The number of methoxy groups -OCH3 is 1. The molecule has 0 saturated carbocycles. The van der Waals surface area contributed by atoms with Crippen LogP contribution in [0.3, 0.4) is 0 Å². The van der Waals surface area contributed by atoms with Crippen LogP contribution in [0.4, 0.5) is 10.1 Å². The Kier molecular flexibility index (Phi) is 3.53. The van der Waals surface area contributed by atoms with Crippen LogP contribution in [0.25, 0.3) is 0 Å². The second-order valence-electron chi connectivity index (χ2n) is 4.96. The number of nitrogens with zero attached hydrogens (tertiary/aromatic N) is 2. The summed E-state index contributed by atoms with van der Waals surface area (Å²) in [5, 5.41) is 8.72. The number of hydrogen-bond acceptors (Lipinski definition) is 3. The minimum absolute atomic E-state index is 0.0882. The van der Waals surface area contributed by atoms with Gasteiger partial charge < -0.3 is 9.64 Å². The fraction of sp³-hybridized carbons (Fsp3) is 0.500. The van der Waals surface area contributed by atoms with Gasteiger partial charge >= 0.3 is 0 Å². The second kappa shape index (κ2) is 4.95. The average molecular weight is 248 g/mol.